The van der Waals surface area contributed by atoms with Gasteiger partial charge in [0.05, 0.1) is 0 Å². The van der Waals surface area contributed by atoms with Crippen molar-refractivity contribution in [2.75, 3.05) is 0 Å². The molecule has 0 aliphatic heterocycles. The highest BCUT2D eigenvalue weighted by Crippen LogP contribution is 2.32. The minimum atomic E-state index is -0.947. The first-order valence-electron chi connectivity index (χ1n) is 4.83. The molecular formula is C12H9ClO3S. The zero-order valence-corrected chi connectivity index (χ0v) is 10.5. The summed E-state index contributed by atoms with van der Waals surface area (Å²) in [5, 5.41) is 9.99. The van der Waals surface area contributed by atoms with Crippen LogP contribution < -0.4 is 4.74 Å². The predicted molar refractivity (Wildman–Crippen MR) is 67.5 cm³/mol. The summed E-state index contributed by atoms with van der Waals surface area (Å²) in [4.78, 5) is 11.0. The first-order valence-corrected chi connectivity index (χ1v) is 6.03. The maximum atomic E-state index is 10.7. The monoisotopic (exact) mass is 268 g/mol. The molecule has 1 heterocycles. The molecule has 0 fully saturated rings. The van der Waals surface area contributed by atoms with Gasteiger partial charge in [-0.05, 0) is 42.8 Å². The number of ether oxygens (including phenoxy) is 1. The molecule has 2 rings (SSSR count). The van der Waals surface area contributed by atoms with Crippen molar-refractivity contribution < 1.29 is 14.6 Å². The summed E-state index contributed by atoms with van der Waals surface area (Å²) in [5.41, 5.74) is 0.905. The second-order valence-corrected chi connectivity index (χ2v) is 4.92. The molecule has 88 valence electrons. The maximum Gasteiger partial charge on any atom is 0.345 e. The SMILES string of the molecule is Cc1cc(Cl)ccc1Oc1ccc(C(=O)O)s1. The van der Waals surface area contributed by atoms with Gasteiger partial charge in [-0.25, -0.2) is 4.79 Å². The van der Waals surface area contributed by atoms with Crippen LogP contribution in [-0.4, -0.2) is 11.1 Å². The van der Waals surface area contributed by atoms with Gasteiger partial charge in [-0.3, -0.25) is 0 Å². The van der Waals surface area contributed by atoms with Crippen LogP contribution in [0.4, 0.5) is 0 Å². The fourth-order valence-corrected chi connectivity index (χ4v) is 2.26. The number of carboxylic acids is 1. The van der Waals surface area contributed by atoms with Gasteiger partial charge in [0, 0.05) is 5.02 Å². The largest absolute Gasteiger partial charge is 0.477 e. The Kier molecular flexibility index (Phi) is 3.36. The fourth-order valence-electron chi connectivity index (χ4n) is 1.33. The number of aromatic carboxylic acids is 1. The van der Waals surface area contributed by atoms with Crippen molar-refractivity contribution in [2.24, 2.45) is 0 Å². The lowest BCUT2D eigenvalue weighted by Crippen LogP contribution is -1.89. The molecule has 0 aliphatic carbocycles. The van der Waals surface area contributed by atoms with Gasteiger partial charge in [0.1, 0.15) is 10.6 Å². The molecule has 0 unspecified atom stereocenters. The molecule has 1 N–H and O–H groups in total. The van der Waals surface area contributed by atoms with Crippen molar-refractivity contribution in [3.63, 3.8) is 0 Å². The average Bonchev–Trinajstić information content (AvgIpc) is 2.71. The van der Waals surface area contributed by atoms with E-state index in [1.54, 1.807) is 24.3 Å². The number of hydrogen-bond acceptors (Lipinski definition) is 3. The van der Waals surface area contributed by atoms with E-state index in [1.807, 2.05) is 6.92 Å². The highest BCUT2D eigenvalue weighted by molar-refractivity contribution is 7.15. The van der Waals surface area contributed by atoms with E-state index in [2.05, 4.69) is 0 Å². The van der Waals surface area contributed by atoms with Gasteiger partial charge in [0.25, 0.3) is 0 Å². The third-order valence-electron chi connectivity index (χ3n) is 2.14. The molecule has 2 aromatic rings. The van der Waals surface area contributed by atoms with Crippen LogP contribution in [0.1, 0.15) is 15.2 Å². The topological polar surface area (TPSA) is 46.5 Å². The fraction of sp³-hybridized carbons (Fsp3) is 0.0833. The second kappa shape index (κ2) is 4.77. The lowest BCUT2D eigenvalue weighted by molar-refractivity contribution is 0.0702. The molecule has 3 nitrogen and oxygen atoms in total. The summed E-state index contributed by atoms with van der Waals surface area (Å²) in [6, 6.07) is 8.45. The maximum absolute atomic E-state index is 10.7. The van der Waals surface area contributed by atoms with Crippen LogP contribution in [0.5, 0.6) is 10.8 Å². The van der Waals surface area contributed by atoms with E-state index in [0.717, 1.165) is 16.9 Å². The standard InChI is InChI=1S/C12H9ClO3S/c1-7-6-8(13)2-3-9(7)16-11-5-4-10(17-11)12(14)15/h2-6H,1H3,(H,14,15). The number of rotatable bonds is 3. The van der Waals surface area contributed by atoms with Crippen LogP contribution in [0.2, 0.25) is 5.02 Å². The van der Waals surface area contributed by atoms with Crippen LogP contribution in [-0.2, 0) is 0 Å². The number of carboxylic acid groups (broad SMARTS) is 1. The molecule has 5 heteroatoms. The lowest BCUT2D eigenvalue weighted by Gasteiger charge is -2.06. The van der Waals surface area contributed by atoms with Crippen molar-refractivity contribution in [3.8, 4) is 10.8 Å². The highest BCUT2D eigenvalue weighted by atomic mass is 35.5. The highest BCUT2D eigenvalue weighted by Gasteiger charge is 2.09. The molecular weight excluding hydrogens is 260 g/mol. The second-order valence-electron chi connectivity index (χ2n) is 3.44. The molecule has 0 saturated heterocycles. The van der Waals surface area contributed by atoms with Crippen LogP contribution >= 0.6 is 22.9 Å². The molecule has 1 aromatic carbocycles. The van der Waals surface area contributed by atoms with Crippen molar-refractivity contribution >= 4 is 28.9 Å². The van der Waals surface area contributed by atoms with Crippen LogP contribution in [0.15, 0.2) is 30.3 Å². The predicted octanol–water partition coefficient (Wildman–Crippen LogP) is 4.20. The molecule has 1 aromatic heterocycles. The van der Waals surface area contributed by atoms with E-state index < -0.39 is 5.97 Å². The molecule has 0 saturated carbocycles. The Morgan fingerprint density at radius 3 is 2.71 bits per heavy atom. The minimum absolute atomic E-state index is 0.256. The number of thiophene rings is 1. The van der Waals surface area contributed by atoms with E-state index in [9.17, 15) is 4.79 Å². The Morgan fingerprint density at radius 1 is 1.35 bits per heavy atom. The van der Waals surface area contributed by atoms with Gasteiger partial charge >= 0.3 is 5.97 Å². The Hall–Kier alpha value is -1.52. The summed E-state index contributed by atoms with van der Waals surface area (Å²) in [6.07, 6.45) is 0. The molecule has 0 aliphatic rings. The summed E-state index contributed by atoms with van der Waals surface area (Å²) < 4.78 is 5.59. The number of halogens is 1. The van der Waals surface area contributed by atoms with Crippen LogP contribution in [0.3, 0.4) is 0 Å². The van der Waals surface area contributed by atoms with Gasteiger partial charge < -0.3 is 9.84 Å². The van der Waals surface area contributed by atoms with Crippen LogP contribution in [0.25, 0.3) is 0 Å². The van der Waals surface area contributed by atoms with Gasteiger partial charge in [-0.15, -0.1) is 0 Å². The van der Waals surface area contributed by atoms with E-state index in [4.69, 9.17) is 21.4 Å². The summed E-state index contributed by atoms with van der Waals surface area (Å²) in [6.45, 7) is 1.88. The zero-order chi connectivity index (χ0) is 12.4. The quantitative estimate of drug-likeness (QED) is 0.907. The molecule has 17 heavy (non-hydrogen) atoms. The third-order valence-corrected chi connectivity index (χ3v) is 3.33. The van der Waals surface area contributed by atoms with Crippen LogP contribution in [0, 0.1) is 6.92 Å². The normalized spacial score (nSPS) is 10.2. The Balaban J connectivity index is 2.22. The van der Waals surface area contributed by atoms with E-state index >= 15 is 0 Å². The summed E-state index contributed by atoms with van der Waals surface area (Å²) >= 11 is 6.93. The number of carbonyl (C=O) groups is 1. The Morgan fingerprint density at radius 2 is 2.12 bits per heavy atom. The summed E-state index contributed by atoms with van der Waals surface area (Å²) in [5.74, 6) is -0.272. The Bertz CT molecular complexity index is 563. The van der Waals surface area contributed by atoms with Crippen molar-refractivity contribution in [3.05, 3.63) is 45.8 Å². The molecule has 0 bridgehead atoms. The lowest BCUT2D eigenvalue weighted by atomic mass is 10.2. The molecule has 0 amide bonds. The first-order chi connectivity index (χ1) is 8.06. The van der Waals surface area contributed by atoms with Crippen molar-refractivity contribution in [2.45, 2.75) is 6.92 Å². The van der Waals surface area contributed by atoms with Gasteiger partial charge in [-0.2, -0.15) is 0 Å². The Labute approximate surface area is 107 Å². The third kappa shape index (κ3) is 2.78. The minimum Gasteiger partial charge on any atom is -0.477 e. The molecule has 0 atom stereocenters. The van der Waals surface area contributed by atoms with Gasteiger partial charge in [-0.1, -0.05) is 22.9 Å². The zero-order valence-electron chi connectivity index (χ0n) is 8.94. The van der Waals surface area contributed by atoms with Crippen molar-refractivity contribution in [1.29, 1.82) is 0 Å². The number of aryl methyl sites for hydroxylation is 1. The van der Waals surface area contributed by atoms with E-state index in [0.29, 0.717) is 15.8 Å². The first kappa shape index (κ1) is 12.0. The smallest absolute Gasteiger partial charge is 0.345 e. The number of hydrogen-bond donors (Lipinski definition) is 1. The van der Waals surface area contributed by atoms with E-state index in [1.165, 1.54) is 6.07 Å². The summed E-state index contributed by atoms with van der Waals surface area (Å²) in [7, 11) is 0. The van der Waals surface area contributed by atoms with Gasteiger partial charge in [0.15, 0.2) is 5.06 Å². The average molecular weight is 269 g/mol. The van der Waals surface area contributed by atoms with Crippen molar-refractivity contribution in [1.82, 2.24) is 0 Å². The van der Waals surface area contributed by atoms with E-state index in [-0.39, 0.29) is 4.88 Å². The molecule has 0 spiro atoms. The van der Waals surface area contributed by atoms with Gasteiger partial charge in [0.2, 0.25) is 0 Å². The molecule has 0 radical (unpaired) electrons. The number of benzene rings is 1.